The Morgan fingerprint density at radius 2 is 2.12 bits per heavy atom. The first-order valence-electron chi connectivity index (χ1n) is 6.06. The Labute approximate surface area is 103 Å². The number of aromatic nitrogens is 1. The highest BCUT2D eigenvalue weighted by atomic mass is 32.2. The lowest BCUT2D eigenvalue weighted by molar-refractivity contribution is 0.280. The molecule has 0 unspecified atom stereocenters. The number of nitrogens with zero attached hydrogens (tertiary/aromatic N) is 2. The molecule has 2 nitrogen and oxygen atoms in total. The first-order valence-corrected chi connectivity index (χ1v) is 7.22. The van der Waals surface area contributed by atoms with Gasteiger partial charge in [-0.25, -0.2) is 0 Å². The van der Waals surface area contributed by atoms with Crippen LogP contribution in [0.25, 0.3) is 0 Å². The molecule has 0 saturated carbocycles. The van der Waals surface area contributed by atoms with E-state index in [1.807, 2.05) is 24.0 Å². The maximum Gasteiger partial charge on any atom is 0.0543 e. The van der Waals surface area contributed by atoms with Crippen molar-refractivity contribution in [2.75, 3.05) is 24.6 Å². The van der Waals surface area contributed by atoms with E-state index < -0.39 is 0 Å². The summed E-state index contributed by atoms with van der Waals surface area (Å²) in [6.07, 6.45) is 3.09. The normalized spacial score (nSPS) is 10.9. The lowest BCUT2D eigenvalue weighted by Gasteiger charge is -2.20. The van der Waals surface area contributed by atoms with Gasteiger partial charge in [0.1, 0.15) is 0 Å². The summed E-state index contributed by atoms with van der Waals surface area (Å²) in [5.74, 6) is 2.44. The van der Waals surface area contributed by atoms with E-state index in [1.165, 1.54) is 36.7 Å². The molecule has 0 fully saturated rings. The van der Waals surface area contributed by atoms with Crippen molar-refractivity contribution in [3.63, 3.8) is 0 Å². The molecule has 0 radical (unpaired) electrons. The number of pyridine rings is 1. The highest BCUT2D eigenvalue weighted by Crippen LogP contribution is 2.05. The van der Waals surface area contributed by atoms with E-state index in [1.54, 1.807) is 0 Å². The van der Waals surface area contributed by atoms with Crippen LogP contribution in [0.3, 0.4) is 0 Å². The maximum absolute atomic E-state index is 4.38. The Kier molecular flexibility index (Phi) is 7.26. The van der Waals surface area contributed by atoms with Crippen molar-refractivity contribution in [2.24, 2.45) is 0 Å². The fraction of sp³-hybridized carbons (Fsp3) is 0.615. The average Bonchev–Trinajstić information content (AvgIpc) is 2.31. The Morgan fingerprint density at radius 3 is 2.75 bits per heavy atom. The zero-order chi connectivity index (χ0) is 11.6. The Hall–Kier alpha value is -0.540. The Balaban J connectivity index is 2.38. The number of rotatable bonds is 8. The highest BCUT2D eigenvalue weighted by Gasteiger charge is 2.04. The molecule has 0 aromatic carbocycles. The van der Waals surface area contributed by atoms with Crippen LogP contribution in [0.15, 0.2) is 24.4 Å². The van der Waals surface area contributed by atoms with Crippen molar-refractivity contribution in [2.45, 2.75) is 26.8 Å². The van der Waals surface area contributed by atoms with Gasteiger partial charge in [0, 0.05) is 25.0 Å². The summed E-state index contributed by atoms with van der Waals surface area (Å²) in [6.45, 7) is 7.77. The molecule has 0 aliphatic rings. The molecule has 3 heteroatoms. The van der Waals surface area contributed by atoms with E-state index in [9.17, 15) is 0 Å². The highest BCUT2D eigenvalue weighted by molar-refractivity contribution is 7.99. The molecule has 1 aromatic rings. The number of thioether (sulfide) groups is 1. The minimum absolute atomic E-state index is 0.985. The van der Waals surface area contributed by atoms with Gasteiger partial charge in [0.15, 0.2) is 0 Å². The van der Waals surface area contributed by atoms with Gasteiger partial charge in [0.2, 0.25) is 0 Å². The van der Waals surface area contributed by atoms with Gasteiger partial charge in [-0.15, -0.1) is 0 Å². The molecule has 0 aliphatic heterocycles. The molecular weight excluding hydrogens is 216 g/mol. The zero-order valence-electron chi connectivity index (χ0n) is 10.4. The SMILES string of the molecule is CCCN(CCSCC)Cc1ccccn1. The van der Waals surface area contributed by atoms with Crippen molar-refractivity contribution < 1.29 is 0 Å². The minimum Gasteiger partial charge on any atom is -0.297 e. The van der Waals surface area contributed by atoms with E-state index >= 15 is 0 Å². The smallest absolute Gasteiger partial charge is 0.0543 e. The summed E-state index contributed by atoms with van der Waals surface area (Å²) in [4.78, 5) is 6.87. The summed E-state index contributed by atoms with van der Waals surface area (Å²) >= 11 is 2.01. The third-order valence-electron chi connectivity index (χ3n) is 2.41. The summed E-state index contributed by atoms with van der Waals surface area (Å²) in [5.41, 5.74) is 1.18. The molecule has 0 amide bonds. The molecule has 1 rings (SSSR count). The van der Waals surface area contributed by atoms with Crippen LogP contribution in [0, 0.1) is 0 Å². The number of hydrogen-bond acceptors (Lipinski definition) is 3. The second kappa shape index (κ2) is 8.59. The van der Waals surface area contributed by atoms with Crippen molar-refractivity contribution in [3.05, 3.63) is 30.1 Å². The van der Waals surface area contributed by atoms with E-state index in [-0.39, 0.29) is 0 Å². The molecule has 0 N–H and O–H groups in total. The zero-order valence-corrected chi connectivity index (χ0v) is 11.2. The van der Waals surface area contributed by atoms with Gasteiger partial charge in [-0.1, -0.05) is 19.9 Å². The largest absolute Gasteiger partial charge is 0.297 e. The topological polar surface area (TPSA) is 16.1 Å². The van der Waals surface area contributed by atoms with Gasteiger partial charge in [-0.2, -0.15) is 11.8 Å². The van der Waals surface area contributed by atoms with Gasteiger partial charge in [-0.3, -0.25) is 9.88 Å². The quantitative estimate of drug-likeness (QED) is 0.648. The summed E-state index contributed by atoms with van der Waals surface area (Å²) in [5, 5.41) is 0. The fourth-order valence-corrected chi connectivity index (χ4v) is 2.32. The second-order valence-electron chi connectivity index (χ2n) is 3.79. The molecule has 90 valence electrons. The molecule has 0 aliphatic carbocycles. The van der Waals surface area contributed by atoms with E-state index in [2.05, 4.69) is 35.9 Å². The first-order chi connectivity index (χ1) is 7.86. The van der Waals surface area contributed by atoms with Crippen molar-refractivity contribution in [1.82, 2.24) is 9.88 Å². The predicted molar refractivity (Wildman–Crippen MR) is 72.8 cm³/mol. The maximum atomic E-state index is 4.38. The lowest BCUT2D eigenvalue weighted by atomic mass is 10.3. The Morgan fingerprint density at radius 1 is 1.25 bits per heavy atom. The summed E-state index contributed by atoms with van der Waals surface area (Å²) in [6, 6.07) is 6.14. The third-order valence-corrected chi connectivity index (χ3v) is 3.29. The van der Waals surface area contributed by atoms with E-state index in [4.69, 9.17) is 0 Å². The minimum atomic E-state index is 0.985. The fourth-order valence-electron chi connectivity index (χ4n) is 1.64. The Bertz CT molecular complexity index is 264. The molecular formula is C13H22N2S. The van der Waals surface area contributed by atoms with Gasteiger partial charge in [0.25, 0.3) is 0 Å². The van der Waals surface area contributed by atoms with Gasteiger partial charge < -0.3 is 0 Å². The summed E-state index contributed by atoms with van der Waals surface area (Å²) in [7, 11) is 0. The van der Waals surface area contributed by atoms with Crippen LogP contribution in [0.1, 0.15) is 26.0 Å². The van der Waals surface area contributed by atoms with Crippen LogP contribution in [0.4, 0.5) is 0 Å². The molecule has 1 aromatic heterocycles. The van der Waals surface area contributed by atoms with Crippen LogP contribution < -0.4 is 0 Å². The molecule has 0 bridgehead atoms. The van der Waals surface area contributed by atoms with Gasteiger partial charge in [0.05, 0.1) is 5.69 Å². The van der Waals surface area contributed by atoms with Crippen LogP contribution in [-0.2, 0) is 6.54 Å². The van der Waals surface area contributed by atoms with Crippen LogP contribution in [-0.4, -0.2) is 34.5 Å². The standard InChI is InChI=1S/C13H22N2S/c1-3-9-15(10-11-16-4-2)12-13-7-5-6-8-14-13/h5-8H,3-4,9-12H2,1-2H3. The predicted octanol–water partition coefficient (Wildman–Crippen LogP) is 3.05. The van der Waals surface area contributed by atoms with Crippen molar-refractivity contribution >= 4 is 11.8 Å². The first kappa shape index (κ1) is 13.5. The number of hydrogen-bond donors (Lipinski definition) is 0. The second-order valence-corrected chi connectivity index (χ2v) is 5.19. The van der Waals surface area contributed by atoms with Gasteiger partial charge >= 0.3 is 0 Å². The lowest BCUT2D eigenvalue weighted by Crippen LogP contribution is -2.27. The van der Waals surface area contributed by atoms with E-state index in [0.29, 0.717) is 0 Å². The molecule has 16 heavy (non-hydrogen) atoms. The monoisotopic (exact) mass is 238 g/mol. The van der Waals surface area contributed by atoms with Crippen LogP contribution in [0.2, 0.25) is 0 Å². The molecule has 0 atom stereocenters. The average molecular weight is 238 g/mol. The van der Waals surface area contributed by atoms with Crippen LogP contribution >= 0.6 is 11.8 Å². The molecule has 0 saturated heterocycles. The third kappa shape index (κ3) is 5.52. The van der Waals surface area contributed by atoms with E-state index in [0.717, 1.165) is 6.54 Å². The molecule has 0 spiro atoms. The van der Waals surface area contributed by atoms with Crippen LogP contribution in [0.5, 0.6) is 0 Å². The van der Waals surface area contributed by atoms with Gasteiger partial charge in [-0.05, 0) is 30.9 Å². The molecule has 1 heterocycles. The summed E-state index contributed by atoms with van der Waals surface area (Å²) < 4.78 is 0. The van der Waals surface area contributed by atoms with Crippen molar-refractivity contribution in [3.8, 4) is 0 Å². The van der Waals surface area contributed by atoms with Crippen molar-refractivity contribution in [1.29, 1.82) is 0 Å².